The summed E-state index contributed by atoms with van der Waals surface area (Å²) in [6.07, 6.45) is 2.38. The second kappa shape index (κ2) is 3.11. The van der Waals surface area contributed by atoms with Gasteiger partial charge in [0, 0.05) is 6.04 Å². The molecule has 0 unspecified atom stereocenters. The molecule has 0 aromatic heterocycles. The van der Waals surface area contributed by atoms with Crippen molar-refractivity contribution >= 4 is 0 Å². The van der Waals surface area contributed by atoms with Gasteiger partial charge in [0.05, 0.1) is 0 Å². The van der Waals surface area contributed by atoms with Crippen LogP contribution in [0, 0.1) is 18.7 Å². The highest BCUT2D eigenvalue weighted by atomic mass is 19.1. The lowest BCUT2D eigenvalue weighted by molar-refractivity contribution is 0.600. The van der Waals surface area contributed by atoms with Crippen molar-refractivity contribution in [2.45, 2.75) is 25.8 Å². The zero-order valence-electron chi connectivity index (χ0n) is 7.76. The Labute approximate surface area is 77.8 Å². The Bertz CT molecular complexity index is 298. The molecule has 2 N–H and O–H groups in total. The zero-order valence-corrected chi connectivity index (χ0v) is 7.76. The van der Waals surface area contributed by atoms with Crippen LogP contribution in [0.1, 0.15) is 30.0 Å². The van der Waals surface area contributed by atoms with Crippen LogP contribution in [0.5, 0.6) is 0 Å². The molecular weight excluding hydrogens is 165 g/mol. The molecule has 0 amide bonds. The van der Waals surface area contributed by atoms with Crippen LogP contribution in [-0.2, 0) is 0 Å². The van der Waals surface area contributed by atoms with E-state index in [1.165, 1.54) is 18.9 Å². The molecule has 1 aromatic rings. The van der Waals surface area contributed by atoms with Crippen molar-refractivity contribution < 1.29 is 4.39 Å². The molecule has 0 heterocycles. The first-order chi connectivity index (χ1) is 6.16. The van der Waals surface area contributed by atoms with Crippen LogP contribution in [-0.4, -0.2) is 0 Å². The molecule has 0 saturated heterocycles. The minimum atomic E-state index is -0.175. The first-order valence-corrected chi connectivity index (χ1v) is 4.69. The van der Waals surface area contributed by atoms with E-state index in [9.17, 15) is 4.39 Å². The largest absolute Gasteiger partial charge is 0.324 e. The maximum absolute atomic E-state index is 13.0. The first kappa shape index (κ1) is 8.70. The summed E-state index contributed by atoms with van der Waals surface area (Å²) in [6, 6.07) is 5.10. The third-order valence-electron chi connectivity index (χ3n) is 2.58. The van der Waals surface area contributed by atoms with Crippen LogP contribution >= 0.6 is 0 Å². The SMILES string of the molecule is Cc1cc(F)cc([C@H](N)C2CC2)c1. The van der Waals surface area contributed by atoms with Crippen molar-refractivity contribution in [3.63, 3.8) is 0 Å². The smallest absolute Gasteiger partial charge is 0.123 e. The van der Waals surface area contributed by atoms with E-state index in [2.05, 4.69) is 0 Å². The van der Waals surface area contributed by atoms with Gasteiger partial charge >= 0.3 is 0 Å². The van der Waals surface area contributed by atoms with E-state index < -0.39 is 0 Å². The monoisotopic (exact) mass is 179 g/mol. The summed E-state index contributed by atoms with van der Waals surface area (Å²) in [5.74, 6) is 0.410. The lowest BCUT2D eigenvalue weighted by Gasteiger charge is -2.11. The van der Waals surface area contributed by atoms with Crippen LogP contribution in [0.3, 0.4) is 0 Å². The fourth-order valence-electron chi connectivity index (χ4n) is 1.68. The Morgan fingerprint density at radius 1 is 1.38 bits per heavy atom. The number of nitrogens with two attached hydrogens (primary N) is 1. The van der Waals surface area contributed by atoms with Gasteiger partial charge in [-0.15, -0.1) is 0 Å². The van der Waals surface area contributed by atoms with Crippen molar-refractivity contribution in [3.05, 3.63) is 35.1 Å². The Kier molecular flexibility index (Phi) is 2.08. The Balaban J connectivity index is 2.27. The number of rotatable bonds is 2. The van der Waals surface area contributed by atoms with E-state index in [1.54, 1.807) is 6.07 Å². The summed E-state index contributed by atoms with van der Waals surface area (Å²) in [4.78, 5) is 0. The average molecular weight is 179 g/mol. The van der Waals surface area contributed by atoms with E-state index >= 15 is 0 Å². The van der Waals surface area contributed by atoms with Crippen molar-refractivity contribution in [2.24, 2.45) is 11.7 Å². The van der Waals surface area contributed by atoms with Crippen LogP contribution in [0.4, 0.5) is 4.39 Å². The Morgan fingerprint density at radius 3 is 2.62 bits per heavy atom. The van der Waals surface area contributed by atoms with Gasteiger partial charge in [0.25, 0.3) is 0 Å². The molecule has 0 radical (unpaired) electrons. The van der Waals surface area contributed by atoms with Gasteiger partial charge in [-0.25, -0.2) is 4.39 Å². The van der Waals surface area contributed by atoms with Gasteiger partial charge in [-0.2, -0.15) is 0 Å². The molecule has 1 atom stereocenters. The molecule has 2 heteroatoms. The van der Waals surface area contributed by atoms with Gasteiger partial charge in [-0.1, -0.05) is 6.07 Å². The standard InChI is InChI=1S/C11H14FN/c1-7-4-9(6-10(12)5-7)11(13)8-2-3-8/h4-6,8,11H,2-3,13H2,1H3/t11-/m1/s1. The molecule has 0 spiro atoms. The third kappa shape index (κ3) is 1.89. The number of hydrogen-bond acceptors (Lipinski definition) is 1. The van der Waals surface area contributed by atoms with E-state index in [0.717, 1.165) is 11.1 Å². The molecule has 1 saturated carbocycles. The normalized spacial score (nSPS) is 18.7. The fourth-order valence-corrected chi connectivity index (χ4v) is 1.68. The molecule has 1 nitrogen and oxygen atoms in total. The number of halogens is 1. The summed E-state index contributed by atoms with van der Waals surface area (Å²) >= 11 is 0. The highest BCUT2D eigenvalue weighted by Gasteiger charge is 2.29. The maximum Gasteiger partial charge on any atom is 0.123 e. The average Bonchev–Trinajstić information content (AvgIpc) is 2.83. The van der Waals surface area contributed by atoms with Gasteiger partial charge < -0.3 is 5.73 Å². The van der Waals surface area contributed by atoms with Gasteiger partial charge in [0.2, 0.25) is 0 Å². The zero-order chi connectivity index (χ0) is 9.42. The summed E-state index contributed by atoms with van der Waals surface area (Å²) in [6.45, 7) is 1.90. The molecular formula is C11H14FN. The Morgan fingerprint density at radius 2 is 2.08 bits per heavy atom. The molecule has 1 aliphatic rings. The van der Waals surface area contributed by atoms with Gasteiger partial charge in [-0.05, 0) is 48.9 Å². The van der Waals surface area contributed by atoms with Crippen molar-refractivity contribution in [3.8, 4) is 0 Å². The van der Waals surface area contributed by atoms with Crippen molar-refractivity contribution in [1.29, 1.82) is 0 Å². The predicted molar refractivity (Wildman–Crippen MR) is 50.8 cm³/mol. The Hall–Kier alpha value is -0.890. The molecule has 2 rings (SSSR count). The van der Waals surface area contributed by atoms with E-state index in [4.69, 9.17) is 5.73 Å². The second-order valence-electron chi connectivity index (χ2n) is 3.93. The van der Waals surface area contributed by atoms with Gasteiger partial charge in [0.1, 0.15) is 5.82 Å². The minimum Gasteiger partial charge on any atom is -0.324 e. The summed E-state index contributed by atoms with van der Waals surface area (Å²) in [7, 11) is 0. The van der Waals surface area contributed by atoms with Crippen molar-refractivity contribution in [1.82, 2.24) is 0 Å². The number of hydrogen-bond donors (Lipinski definition) is 1. The van der Waals surface area contributed by atoms with Crippen LogP contribution in [0.25, 0.3) is 0 Å². The highest BCUT2D eigenvalue weighted by molar-refractivity contribution is 5.27. The molecule has 13 heavy (non-hydrogen) atoms. The van der Waals surface area contributed by atoms with E-state index in [-0.39, 0.29) is 11.9 Å². The number of benzene rings is 1. The molecule has 1 aliphatic carbocycles. The molecule has 1 fully saturated rings. The number of aryl methyl sites for hydroxylation is 1. The fraction of sp³-hybridized carbons (Fsp3) is 0.455. The van der Waals surface area contributed by atoms with Crippen LogP contribution in [0.15, 0.2) is 18.2 Å². The third-order valence-corrected chi connectivity index (χ3v) is 2.58. The van der Waals surface area contributed by atoms with Crippen LogP contribution < -0.4 is 5.73 Å². The molecule has 70 valence electrons. The highest BCUT2D eigenvalue weighted by Crippen LogP contribution is 2.39. The molecule has 0 aliphatic heterocycles. The summed E-state index contributed by atoms with van der Waals surface area (Å²) < 4.78 is 13.0. The van der Waals surface area contributed by atoms with Gasteiger partial charge in [-0.3, -0.25) is 0 Å². The van der Waals surface area contributed by atoms with E-state index in [1.807, 2.05) is 13.0 Å². The molecule has 1 aromatic carbocycles. The lowest BCUT2D eigenvalue weighted by Crippen LogP contribution is -2.12. The van der Waals surface area contributed by atoms with Crippen molar-refractivity contribution in [2.75, 3.05) is 0 Å². The molecule has 0 bridgehead atoms. The summed E-state index contributed by atoms with van der Waals surface area (Å²) in [5.41, 5.74) is 7.87. The first-order valence-electron chi connectivity index (χ1n) is 4.69. The minimum absolute atomic E-state index is 0.0365. The topological polar surface area (TPSA) is 26.0 Å². The summed E-state index contributed by atoms with van der Waals surface area (Å²) in [5, 5.41) is 0. The quantitative estimate of drug-likeness (QED) is 0.741. The predicted octanol–water partition coefficient (Wildman–Crippen LogP) is 2.54. The van der Waals surface area contributed by atoms with E-state index in [0.29, 0.717) is 5.92 Å². The second-order valence-corrected chi connectivity index (χ2v) is 3.93. The maximum atomic E-state index is 13.0. The lowest BCUT2D eigenvalue weighted by atomic mass is 10.0. The van der Waals surface area contributed by atoms with Gasteiger partial charge in [0.15, 0.2) is 0 Å². The van der Waals surface area contributed by atoms with Crippen LogP contribution in [0.2, 0.25) is 0 Å².